The lowest BCUT2D eigenvalue weighted by Gasteiger charge is -2.14. The zero-order valence-electron chi connectivity index (χ0n) is 11.2. The number of hydrogen-bond donors (Lipinski definition) is 1. The number of aliphatic hydroxyl groups excluding tert-OH is 1. The monoisotopic (exact) mass is 280 g/mol. The zero-order valence-corrected chi connectivity index (χ0v) is 11.2. The standard InChI is InChI=1S/C16H15F3O/c1-9(2)10-3-5-11(6-4-10)16(20)15-13(18)7-12(17)8-14(15)19/h3-9,16,20H,1-2H3. The van der Waals surface area contributed by atoms with Crippen LogP contribution < -0.4 is 0 Å². The van der Waals surface area contributed by atoms with Gasteiger partial charge in [-0.05, 0) is 17.0 Å². The van der Waals surface area contributed by atoms with Gasteiger partial charge in [-0.15, -0.1) is 0 Å². The fourth-order valence-electron chi connectivity index (χ4n) is 2.04. The minimum atomic E-state index is -1.46. The molecule has 0 spiro atoms. The summed E-state index contributed by atoms with van der Waals surface area (Å²) in [6.07, 6.45) is -1.46. The van der Waals surface area contributed by atoms with E-state index in [9.17, 15) is 18.3 Å². The molecular formula is C16H15F3O. The first kappa shape index (κ1) is 14.6. The van der Waals surface area contributed by atoms with Crippen molar-refractivity contribution in [1.82, 2.24) is 0 Å². The van der Waals surface area contributed by atoms with Crippen LogP contribution in [0.2, 0.25) is 0 Å². The third-order valence-corrected chi connectivity index (χ3v) is 3.24. The second-order valence-corrected chi connectivity index (χ2v) is 5.01. The van der Waals surface area contributed by atoms with Crippen molar-refractivity contribution < 1.29 is 18.3 Å². The predicted octanol–water partition coefficient (Wildman–Crippen LogP) is 4.31. The molecule has 0 aliphatic heterocycles. The van der Waals surface area contributed by atoms with E-state index in [4.69, 9.17) is 0 Å². The molecule has 20 heavy (non-hydrogen) atoms. The highest BCUT2D eigenvalue weighted by molar-refractivity contribution is 5.34. The number of aliphatic hydroxyl groups is 1. The summed E-state index contributed by atoms with van der Waals surface area (Å²) in [5, 5.41) is 10.1. The molecule has 0 bridgehead atoms. The van der Waals surface area contributed by atoms with Crippen LogP contribution in [-0.4, -0.2) is 5.11 Å². The van der Waals surface area contributed by atoms with Gasteiger partial charge >= 0.3 is 0 Å². The lowest BCUT2D eigenvalue weighted by molar-refractivity contribution is 0.208. The van der Waals surface area contributed by atoms with Crippen molar-refractivity contribution in [2.45, 2.75) is 25.9 Å². The van der Waals surface area contributed by atoms with Gasteiger partial charge in [-0.2, -0.15) is 0 Å². The van der Waals surface area contributed by atoms with E-state index in [0.29, 0.717) is 23.6 Å². The first-order valence-corrected chi connectivity index (χ1v) is 6.32. The molecule has 2 aromatic rings. The molecule has 0 saturated heterocycles. The van der Waals surface area contributed by atoms with Gasteiger partial charge in [0.1, 0.15) is 23.6 Å². The normalized spacial score (nSPS) is 12.8. The molecule has 1 nitrogen and oxygen atoms in total. The average Bonchev–Trinajstić information content (AvgIpc) is 2.37. The Bertz CT molecular complexity index is 583. The van der Waals surface area contributed by atoms with Crippen LogP contribution in [0.3, 0.4) is 0 Å². The lowest BCUT2D eigenvalue weighted by atomic mass is 9.96. The van der Waals surface area contributed by atoms with Crippen molar-refractivity contribution in [3.05, 3.63) is 70.5 Å². The number of halogens is 3. The van der Waals surface area contributed by atoms with E-state index in [-0.39, 0.29) is 0 Å². The second-order valence-electron chi connectivity index (χ2n) is 5.01. The van der Waals surface area contributed by atoms with Gasteiger partial charge in [0.2, 0.25) is 0 Å². The third-order valence-electron chi connectivity index (χ3n) is 3.24. The highest BCUT2D eigenvalue weighted by Crippen LogP contribution is 2.28. The van der Waals surface area contributed by atoms with Gasteiger partial charge in [0.25, 0.3) is 0 Å². The average molecular weight is 280 g/mol. The summed E-state index contributed by atoms with van der Waals surface area (Å²) in [6, 6.07) is 7.93. The van der Waals surface area contributed by atoms with Crippen LogP contribution in [0, 0.1) is 17.5 Å². The molecule has 0 heterocycles. The largest absolute Gasteiger partial charge is 0.383 e. The molecule has 0 aromatic heterocycles. The van der Waals surface area contributed by atoms with Crippen LogP contribution in [0.4, 0.5) is 13.2 Å². The highest BCUT2D eigenvalue weighted by Gasteiger charge is 2.21. The van der Waals surface area contributed by atoms with E-state index < -0.39 is 29.1 Å². The molecule has 2 aromatic carbocycles. The summed E-state index contributed by atoms with van der Waals surface area (Å²) in [4.78, 5) is 0. The fraction of sp³-hybridized carbons (Fsp3) is 0.250. The predicted molar refractivity (Wildman–Crippen MR) is 70.9 cm³/mol. The first-order valence-electron chi connectivity index (χ1n) is 6.32. The Morgan fingerprint density at radius 3 is 1.75 bits per heavy atom. The summed E-state index contributed by atoms with van der Waals surface area (Å²) < 4.78 is 40.1. The second kappa shape index (κ2) is 5.67. The lowest BCUT2D eigenvalue weighted by Crippen LogP contribution is -2.07. The maximum Gasteiger partial charge on any atom is 0.135 e. The maximum absolute atomic E-state index is 13.6. The van der Waals surface area contributed by atoms with Crippen LogP contribution in [0.5, 0.6) is 0 Å². The summed E-state index contributed by atoms with van der Waals surface area (Å²) in [6.45, 7) is 4.04. The van der Waals surface area contributed by atoms with E-state index in [1.807, 2.05) is 13.8 Å². The van der Waals surface area contributed by atoms with E-state index in [1.165, 1.54) is 0 Å². The Labute approximate surface area is 115 Å². The molecule has 2 rings (SSSR count). The Kier molecular flexibility index (Phi) is 4.14. The molecule has 1 unspecified atom stereocenters. The van der Waals surface area contributed by atoms with E-state index in [2.05, 4.69) is 0 Å². The summed E-state index contributed by atoms with van der Waals surface area (Å²) in [7, 11) is 0. The molecule has 0 saturated carbocycles. The molecule has 1 N–H and O–H groups in total. The zero-order chi connectivity index (χ0) is 14.9. The fourth-order valence-corrected chi connectivity index (χ4v) is 2.04. The quantitative estimate of drug-likeness (QED) is 0.888. The van der Waals surface area contributed by atoms with Gasteiger partial charge in [-0.25, -0.2) is 13.2 Å². The SMILES string of the molecule is CC(C)c1ccc(C(O)c2c(F)cc(F)cc2F)cc1. The van der Waals surface area contributed by atoms with Crippen molar-refractivity contribution in [3.63, 3.8) is 0 Å². The Hall–Kier alpha value is -1.81. The molecule has 4 heteroatoms. The molecule has 0 aliphatic rings. The van der Waals surface area contributed by atoms with Gasteiger partial charge in [-0.3, -0.25) is 0 Å². The first-order chi connectivity index (χ1) is 9.40. The highest BCUT2D eigenvalue weighted by atomic mass is 19.1. The Balaban J connectivity index is 2.38. The maximum atomic E-state index is 13.6. The van der Waals surface area contributed by atoms with Crippen molar-refractivity contribution in [1.29, 1.82) is 0 Å². The van der Waals surface area contributed by atoms with Gasteiger partial charge in [0.15, 0.2) is 0 Å². The summed E-state index contributed by atoms with van der Waals surface area (Å²) >= 11 is 0. The number of benzene rings is 2. The number of hydrogen-bond acceptors (Lipinski definition) is 1. The van der Waals surface area contributed by atoms with Gasteiger partial charge in [-0.1, -0.05) is 38.1 Å². The van der Waals surface area contributed by atoms with Gasteiger partial charge < -0.3 is 5.11 Å². The Morgan fingerprint density at radius 2 is 1.30 bits per heavy atom. The smallest absolute Gasteiger partial charge is 0.135 e. The van der Waals surface area contributed by atoms with Crippen LogP contribution >= 0.6 is 0 Å². The molecule has 0 aliphatic carbocycles. The van der Waals surface area contributed by atoms with Gasteiger partial charge in [0.05, 0.1) is 5.56 Å². The Morgan fingerprint density at radius 1 is 0.850 bits per heavy atom. The summed E-state index contributed by atoms with van der Waals surface area (Å²) in [5.41, 5.74) is 0.878. The van der Waals surface area contributed by atoms with E-state index >= 15 is 0 Å². The van der Waals surface area contributed by atoms with Crippen LogP contribution in [-0.2, 0) is 0 Å². The van der Waals surface area contributed by atoms with E-state index in [0.717, 1.165) is 5.56 Å². The molecule has 0 radical (unpaired) electrons. The van der Waals surface area contributed by atoms with Crippen molar-refractivity contribution in [3.8, 4) is 0 Å². The topological polar surface area (TPSA) is 20.2 Å². The minimum Gasteiger partial charge on any atom is -0.383 e. The molecular weight excluding hydrogens is 265 g/mol. The van der Waals surface area contributed by atoms with Gasteiger partial charge in [0, 0.05) is 12.1 Å². The van der Waals surface area contributed by atoms with Crippen LogP contribution in [0.1, 0.15) is 42.6 Å². The molecule has 1 atom stereocenters. The minimum absolute atomic E-state index is 0.320. The number of rotatable bonds is 3. The molecule has 0 fully saturated rings. The van der Waals surface area contributed by atoms with Crippen molar-refractivity contribution >= 4 is 0 Å². The van der Waals surface area contributed by atoms with Crippen molar-refractivity contribution in [2.24, 2.45) is 0 Å². The van der Waals surface area contributed by atoms with Crippen LogP contribution in [0.15, 0.2) is 36.4 Å². The van der Waals surface area contributed by atoms with Crippen molar-refractivity contribution in [2.75, 3.05) is 0 Å². The van der Waals surface area contributed by atoms with E-state index in [1.54, 1.807) is 24.3 Å². The third kappa shape index (κ3) is 2.85. The van der Waals surface area contributed by atoms with Crippen LogP contribution in [0.25, 0.3) is 0 Å². The summed E-state index contributed by atoms with van der Waals surface area (Å²) in [5.74, 6) is -2.88. The molecule has 0 amide bonds. The molecule has 106 valence electrons.